The van der Waals surface area contributed by atoms with Gasteiger partial charge in [-0.1, -0.05) is 30.3 Å². The van der Waals surface area contributed by atoms with E-state index >= 15 is 0 Å². The third kappa shape index (κ3) is 4.33. The number of rotatable bonds is 4. The molecule has 0 saturated carbocycles. The second-order valence-electron chi connectivity index (χ2n) is 6.34. The monoisotopic (exact) mass is 363 g/mol. The summed E-state index contributed by atoms with van der Waals surface area (Å²) in [7, 11) is 0. The van der Waals surface area contributed by atoms with Gasteiger partial charge in [0.1, 0.15) is 5.82 Å². The number of halogens is 3. The smallest absolute Gasteiger partial charge is 0.356 e. The number of pyridine rings is 1. The molecule has 1 aliphatic rings. The lowest BCUT2D eigenvalue weighted by molar-refractivity contribution is -0.137. The van der Waals surface area contributed by atoms with Gasteiger partial charge in [-0.2, -0.15) is 13.2 Å². The Bertz CT molecular complexity index is 741. The van der Waals surface area contributed by atoms with Crippen molar-refractivity contribution in [3.63, 3.8) is 0 Å². The average Bonchev–Trinajstić information content (AvgIpc) is 2.66. The fourth-order valence-electron chi connectivity index (χ4n) is 3.15. The number of piperidine rings is 1. The Kier molecular flexibility index (Phi) is 5.44. The SMILES string of the molecule is O=C(NCc1ccccc1)C1CCN(c2ncccc2C(F)(F)F)CC1. The van der Waals surface area contributed by atoms with Gasteiger partial charge in [0.05, 0.1) is 5.56 Å². The van der Waals surface area contributed by atoms with Gasteiger partial charge in [0.15, 0.2) is 0 Å². The highest BCUT2D eigenvalue weighted by atomic mass is 19.4. The predicted molar refractivity (Wildman–Crippen MR) is 92.5 cm³/mol. The van der Waals surface area contributed by atoms with Crippen molar-refractivity contribution in [1.82, 2.24) is 10.3 Å². The minimum Gasteiger partial charge on any atom is -0.356 e. The number of aromatic nitrogens is 1. The average molecular weight is 363 g/mol. The maximum atomic E-state index is 13.1. The Hall–Kier alpha value is -2.57. The summed E-state index contributed by atoms with van der Waals surface area (Å²) >= 11 is 0. The number of anilines is 1. The molecule has 1 aromatic carbocycles. The van der Waals surface area contributed by atoms with E-state index in [0.717, 1.165) is 11.6 Å². The number of alkyl halides is 3. The van der Waals surface area contributed by atoms with Crippen LogP contribution in [0.5, 0.6) is 0 Å². The van der Waals surface area contributed by atoms with Gasteiger partial charge in [0.25, 0.3) is 0 Å². The second-order valence-corrected chi connectivity index (χ2v) is 6.34. The number of carbonyl (C=O) groups excluding carboxylic acids is 1. The number of carbonyl (C=O) groups is 1. The molecule has 0 unspecified atom stereocenters. The molecule has 0 aliphatic carbocycles. The molecule has 1 aromatic heterocycles. The predicted octanol–water partition coefficient (Wildman–Crippen LogP) is 3.63. The molecule has 4 nitrogen and oxygen atoms in total. The van der Waals surface area contributed by atoms with E-state index in [4.69, 9.17) is 0 Å². The molecule has 26 heavy (non-hydrogen) atoms. The largest absolute Gasteiger partial charge is 0.419 e. The highest BCUT2D eigenvalue weighted by molar-refractivity contribution is 5.79. The highest BCUT2D eigenvalue weighted by Crippen LogP contribution is 2.36. The first-order chi connectivity index (χ1) is 12.4. The summed E-state index contributed by atoms with van der Waals surface area (Å²) in [5.41, 5.74) is 0.286. The quantitative estimate of drug-likeness (QED) is 0.902. The first-order valence-corrected chi connectivity index (χ1v) is 8.54. The number of benzene rings is 1. The Morgan fingerprint density at radius 2 is 1.81 bits per heavy atom. The third-order valence-electron chi connectivity index (χ3n) is 4.57. The molecule has 0 atom stereocenters. The maximum Gasteiger partial charge on any atom is 0.419 e. The molecule has 1 saturated heterocycles. The van der Waals surface area contributed by atoms with Crippen LogP contribution in [0.2, 0.25) is 0 Å². The van der Waals surface area contributed by atoms with E-state index in [1.54, 1.807) is 4.90 Å². The van der Waals surface area contributed by atoms with Crippen LogP contribution in [-0.4, -0.2) is 24.0 Å². The van der Waals surface area contributed by atoms with E-state index in [1.165, 1.54) is 12.3 Å². The molecule has 1 aliphatic heterocycles. The number of nitrogens with one attached hydrogen (secondary N) is 1. The highest BCUT2D eigenvalue weighted by Gasteiger charge is 2.36. The Balaban J connectivity index is 1.57. The molecule has 1 amide bonds. The summed E-state index contributed by atoms with van der Waals surface area (Å²) in [6, 6.07) is 11.9. The van der Waals surface area contributed by atoms with Crippen molar-refractivity contribution in [1.29, 1.82) is 0 Å². The first kappa shape index (κ1) is 18.2. The summed E-state index contributed by atoms with van der Waals surface area (Å²) in [6.45, 7) is 1.21. The van der Waals surface area contributed by atoms with Gasteiger partial charge < -0.3 is 10.2 Å². The van der Waals surface area contributed by atoms with Gasteiger partial charge in [-0.15, -0.1) is 0 Å². The van der Waals surface area contributed by atoms with Gasteiger partial charge in [-0.3, -0.25) is 4.79 Å². The Morgan fingerprint density at radius 3 is 2.46 bits per heavy atom. The molecule has 1 fully saturated rings. The lowest BCUT2D eigenvalue weighted by Crippen LogP contribution is -2.41. The van der Waals surface area contributed by atoms with E-state index in [-0.39, 0.29) is 17.6 Å². The van der Waals surface area contributed by atoms with Gasteiger partial charge >= 0.3 is 6.18 Å². The lowest BCUT2D eigenvalue weighted by atomic mass is 9.95. The molecule has 0 radical (unpaired) electrons. The molecule has 7 heteroatoms. The summed E-state index contributed by atoms with van der Waals surface area (Å²) in [5.74, 6) is -0.290. The molecular weight excluding hydrogens is 343 g/mol. The molecule has 2 aromatic rings. The molecule has 138 valence electrons. The number of amides is 1. The van der Waals surface area contributed by atoms with Crippen molar-refractivity contribution in [2.75, 3.05) is 18.0 Å². The molecule has 0 spiro atoms. The molecule has 3 rings (SSSR count). The minimum atomic E-state index is -4.44. The Morgan fingerprint density at radius 1 is 1.12 bits per heavy atom. The van der Waals surface area contributed by atoms with Crippen LogP contribution < -0.4 is 10.2 Å². The van der Waals surface area contributed by atoms with Gasteiger partial charge in [0.2, 0.25) is 5.91 Å². The third-order valence-corrected chi connectivity index (χ3v) is 4.57. The molecule has 1 N–H and O–H groups in total. The van der Waals surface area contributed by atoms with Crippen molar-refractivity contribution in [2.45, 2.75) is 25.6 Å². The zero-order valence-corrected chi connectivity index (χ0v) is 14.2. The second kappa shape index (κ2) is 7.76. The van der Waals surface area contributed by atoms with Crippen LogP contribution >= 0.6 is 0 Å². The normalized spacial score (nSPS) is 15.7. The van der Waals surface area contributed by atoms with Gasteiger partial charge in [-0.25, -0.2) is 4.98 Å². The molecule has 2 heterocycles. The van der Waals surface area contributed by atoms with Crippen molar-refractivity contribution in [2.24, 2.45) is 5.92 Å². The van der Waals surface area contributed by atoms with Crippen molar-refractivity contribution >= 4 is 11.7 Å². The van der Waals surface area contributed by atoms with E-state index in [9.17, 15) is 18.0 Å². The summed E-state index contributed by atoms with van der Waals surface area (Å²) in [5, 5.41) is 2.91. The summed E-state index contributed by atoms with van der Waals surface area (Å²) < 4.78 is 39.4. The standard InChI is InChI=1S/C19H20F3N3O/c20-19(21,22)16-7-4-10-23-17(16)25-11-8-15(9-12-25)18(26)24-13-14-5-2-1-3-6-14/h1-7,10,15H,8-9,11-13H2,(H,24,26). The minimum absolute atomic E-state index is 0.0504. The van der Waals surface area contributed by atoms with Gasteiger partial charge in [-0.05, 0) is 30.5 Å². The van der Waals surface area contributed by atoms with E-state index < -0.39 is 11.7 Å². The van der Waals surface area contributed by atoms with E-state index in [1.807, 2.05) is 30.3 Å². The van der Waals surface area contributed by atoms with Crippen LogP contribution in [0.3, 0.4) is 0 Å². The van der Waals surface area contributed by atoms with Crippen LogP contribution in [0.1, 0.15) is 24.0 Å². The summed E-state index contributed by atoms with van der Waals surface area (Å²) in [6.07, 6.45) is -2.06. The molecule has 0 bridgehead atoms. The van der Waals surface area contributed by atoms with Crippen LogP contribution in [0.15, 0.2) is 48.7 Å². The maximum absolute atomic E-state index is 13.1. The van der Waals surface area contributed by atoms with Crippen LogP contribution in [-0.2, 0) is 17.5 Å². The summed E-state index contributed by atoms with van der Waals surface area (Å²) in [4.78, 5) is 17.9. The first-order valence-electron chi connectivity index (χ1n) is 8.54. The van der Waals surface area contributed by atoms with E-state index in [0.29, 0.717) is 32.5 Å². The van der Waals surface area contributed by atoms with Crippen molar-refractivity contribution < 1.29 is 18.0 Å². The fraction of sp³-hybridized carbons (Fsp3) is 0.368. The lowest BCUT2D eigenvalue weighted by Gasteiger charge is -2.33. The number of nitrogens with zero attached hydrogens (tertiary/aromatic N) is 2. The van der Waals surface area contributed by atoms with Crippen LogP contribution in [0.4, 0.5) is 19.0 Å². The van der Waals surface area contributed by atoms with Crippen molar-refractivity contribution in [3.8, 4) is 0 Å². The van der Waals surface area contributed by atoms with Crippen molar-refractivity contribution in [3.05, 3.63) is 59.8 Å². The van der Waals surface area contributed by atoms with E-state index in [2.05, 4.69) is 10.3 Å². The zero-order valence-electron chi connectivity index (χ0n) is 14.2. The fourth-order valence-corrected chi connectivity index (χ4v) is 3.15. The number of hydrogen-bond donors (Lipinski definition) is 1. The Labute approximate surface area is 150 Å². The van der Waals surface area contributed by atoms with Crippen LogP contribution in [0, 0.1) is 5.92 Å². The van der Waals surface area contributed by atoms with Gasteiger partial charge in [0, 0.05) is 31.7 Å². The van der Waals surface area contributed by atoms with Crippen LogP contribution in [0.25, 0.3) is 0 Å². The number of hydrogen-bond acceptors (Lipinski definition) is 3. The zero-order chi connectivity index (χ0) is 18.6. The topological polar surface area (TPSA) is 45.2 Å². The molecular formula is C19H20F3N3O.